The van der Waals surface area contributed by atoms with Crippen molar-refractivity contribution in [3.63, 3.8) is 0 Å². The quantitative estimate of drug-likeness (QED) is 0.777. The summed E-state index contributed by atoms with van der Waals surface area (Å²) in [5, 5.41) is 3.69. The standard InChI is InChI=1S/C19H32N2/c1-3-14-21(16-19-11-7-8-13-20-19)15-12-17(2)18-9-5-4-6-10-18/h4-6,9-10,17,19-20H,3,7-8,11-16H2,1-2H3. The van der Waals surface area contributed by atoms with Crippen LogP contribution in [-0.4, -0.2) is 37.1 Å². The van der Waals surface area contributed by atoms with Crippen LogP contribution >= 0.6 is 0 Å². The highest BCUT2D eigenvalue weighted by Crippen LogP contribution is 2.19. The SMILES string of the molecule is CCCN(CCC(C)c1ccccc1)CC1CCCCN1. The zero-order valence-corrected chi connectivity index (χ0v) is 13.9. The average Bonchev–Trinajstić information content (AvgIpc) is 2.54. The van der Waals surface area contributed by atoms with Gasteiger partial charge in [-0.05, 0) is 56.8 Å². The van der Waals surface area contributed by atoms with Crippen LogP contribution in [0.15, 0.2) is 30.3 Å². The van der Waals surface area contributed by atoms with Crippen molar-refractivity contribution < 1.29 is 0 Å². The highest BCUT2D eigenvalue weighted by atomic mass is 15.1. The van der Waals surface area contributed by atoms with Crippen molar-refractivity contribution in [1.29, 1.82) is 0 Å². The van der Waals surface area contributed by atoms with E-state index in [1.54, 1.807) is 0 Å². The van der Waals surface area contributed by atoms with E-state index in [-0.39, 0.29) is 0 Å². The molecule has 1 aromatic carbocycles. The summed E-state index contributed by atoms with van der Waals surface area (Å²) >= 11 is 0. The Morgan fingerprint density at radius 1 is 1.19 bits per heavy atom. The van der Waals surface area contributed by atoms with Gasteiger partial charge in [-0.1, -0.05) is 50.6 Å². The Balaban J connectivity index is 1.78. The van der Waals surface area contributed by atoms with Gasteiger partial charge in [-0.2, -0.15) is 0 Å². The summed E-state index contributed by atoms with van der Waals surface area (Å²) in [6.07, 6.45) is 6.63. The lowest BCUT2D eigenvalue weighted by Crippen LogP contribution is -2.44. The van der Waals surface area contributed by atoms with Crippen LogP contribution in [0, 0.1) is 0 Å². The summed E-state index contributed by atoms with van der Waals surface area (Å²) in [5.74, 6) is 0.657. The van der Waals surface area contributed by atoms with Crippen molar-refractivity contribution in [2.75, 3.05) is 26.2 Å². The summed E-state index contributed by atoms with van der Waals surface area (Å²) in [4.78, 5) is 2.67. The molecule has 0 radical (unpaired) electrons. The molecule has 1 heterocycles. The lowest BCUT2D eigenvalue weighted by Gasteiger charge is -2.31. The van der Waals surface area contributed by atoms with E-state index in [4.69, 9.17) is 0 Å². The molecule has 1 aliphatic heterocycles. The minimum atomic E-state index is 0.657. The summed E-state index contributed by atoms with van der Waals surface area (Å²) in [5.41, 5.74) is 1.48. The molecule has 21 heavy (non-hydrogen) atoms. The molecule has 0 saturated carbocycles. The zero-order chi connectivity index (χ0) is 14.9. The van der Waals surface area contributed by atoms with Gasteiger partial charge in [0.15, 0.2) is 0 Å². The molecule has 118 valence electrons. The molecule has 2 atom stereocenters. The van der Waals surface area contributed by atoms with Gasteiger partial charge < -0.3 is 10.2 Å². The van der Waals surface area contributed by atoms with Crippen LogP contribution in [0.5, 0.6) is 0 Å². The van der Waals surface area contributed by atoms with Crippen LogP contribution < -0.4 is 5.32 Å². The molecule has 0 bridgehead atoms. The lowest BCUT2D eigenvalue weighted by atomic mass is 9.97. The number of rotatable bonds is 8. The van der Waals surface area contributed by atoms with Gasteiger partial charge in [0.2, 0.25) is 0 Å². The smallest absolute Gasteiger partial charge is 0.0195 e. The number of hydrogen-bond donors (Lipinski definition) is 1. The Hall–Kier alpha value is -0.860. The van der Waals surface area contributed by atoms with E-state index in [1.807, 2.05) is 0 Å². The first kappa shape index (κ1) is 16.5. The molecule has 1 aliphatic rings. The third-order valence-corrected chi connectivity index (χ3v) is 4.68. The molecule has 1 saturated heterocycles. The molecule has 0 amide bonds. The van der Waals surface area contributed by atoms with Crippen LogP contribution in [0.4, 0.5) is 0 Å². The lowest BCUT2D eigenvalue weighted by molar-refractivity contribution is 0.218. The van der Waals surface area contributed by atoms with Crippen LogP contribution in [-0.2, 0) is 0 Å². The normalized spacial score (nSPS) is 20.6. The van der Waals surface area contributed by atoms with Crippen molar-refractivity contribution in [2.45, 2.75) is 57.9 Å². The van der Waals surface area contributed by atoms with E-state index >= 15 is 0 Å². The molecule has 0 aromatic heterocycles. The maximum atomic E-state index is 3.69. The first-order valence-corrected chi connectivity index (χ1v) is 8.80. The molecule has 0 aliphatic carbocycles. The van der Waals surface area contributed by atoms with Crippen LogP contribution in [0.2, 0.25) is 0 Å². The van der Waals surface area contributed by atoms with Gasteiger partial charge in [0, 0.05) is 12.6 Å². The maximum Gasteiger partial charge on any atom is 0.0195 e. The fourth-order valence-electron chi connectivity index (χ4n) is 3.33. The third kappa shape index (κ3) is 5.80. The number of benzene rings is 1. The number of nitrogens with zero attached hydrogens (tertiary/aromatic N) is 1. The molecule has 1 N–H and O–H groups in total. The summed E-state index contributed by atoms with van der Waals surface area (Å²) in [6, 6.07) is 11.7. The predicted molar refractivity (Wildman–Crippen MR) is 91.8 cm³/mol. The van der Waals surface area contributed by atoms with E-state index in [9.17, 15) is 0 Å². The van der Waals surface area contributed by atoms with Crippen molar-refractivity contribution >= 4 is 0 Å². The van der Waals surface area contributed by atoms with Crippen molar-refractivity contribution in [3.05, 3.63) is 35.9 Å². The van der Waals surface area contributed by atoms with Gasteiger partial charge in [-0.15, -0.1) is 0 Å². The predicted octanol–water partition coefficient (Wildman–Crippen LogP) is 4.03. The first-order chi connectivity index (χ1) is 10.3. The second-order valence-corrected chi connectivity index (χ2v) is 6.55. The van der Waals surface area contributed by atoms with Crippen LogP contribution in [0.1, 0.15) is 57.4 Å². The Morgan fingerprint density at radius 2 is 2.00 bits per heavy atom. The highest BCUT2D eigenvalue weighted by molar-refractivity contribution is 5.18. The Bertz CT molecular complexity index is 370. The van der Waals surface area contributed by atoms with E-state index in [0.717, 1.165) is 6.04 Å². The third-order valence-electron chi connectivity index (χ3n) is 4.68. The maximum absolute atomic E-state index is 3.69. The molecule has 2 rings (SSSR count). The Kier molecular flexibility index (Phi) is 7.25. The largest absolute Gasteiger partial charge is 0.313 e. The van der Waals surface area contributed by atoms with Crippen LogP contribution in [0.3, 0.4) is 0 Å². The topological polar surface area (TPSA) is 15.3 Å². The van der Waals surface area contributed by atoms with Gasteiger partial charge in [-0.25, -0.2) is 0 Å². The number of hydrogen-bond acceptors (Lipinski definition) is 2. The second kappa shape index (κ2) is 9.22. The second-order valence-electron chi connectivity index (χ2n) is 6.55. The van der Waals surface area contributed by atoms with E-state index in [1.165, 1.54) is 63.8 Å². The molecule has 2 unspecified atom stereocenters. The molecular weight excluding hydrogens is 256 g/mol. The summed E-state index contributed by atoms with van der Waals surface area (Å²) in [7, 11) is 0. The van der Waals surface area contributed by atoms with Gasteiger partial charge >= 0.3 is 0 Å². The van der Waals surface area contributed by atoms with E-state index in [2.05, 4.69) is 54.4 Å². The fraction of sp³-hybridized carbons (Fsp3) is 0.684. The Labute approximate surface area is 130 Å². The van der Waals surface area contributed by atoms with E-state index in [0.29, 0.717) is 5.92 Å². The molecule has 2 nitrogen and oxygen atoms in total. The minimum absolute atomic E-state index is 0.657. The van der Waals surface area contributed by atoms with Gasteiger partial charge in [-0.3, -0.25) is 0 Å². The summed E-state index contributed by atoms with van der Waals surface area (Å²) < 4.78 is 0. The highest BCUT2D eigenvalue weighted by Gasteiger charge is 2.17. The Morgan fingerprint density at radius 3 is 2.67 bits per heavy atom. The van der Waals surface area contributed by atoms with Gasteiger partial charge in [0.05, 0.1) is 0 Å². The zero-order valence-electron chi connectivity index (χ0n) is 13.9. The average molecular weight is 288 g/mol. The molecular formula is C19H32N2. The molecule has 1 aromatic rings. The fourth-order valence-corrected chi connectivity index (χ4v) is 3.33. The number of piperidine rings is 1. The van der Waals surface area contributed by atoms with Gasteiger partial charge in [0.1, 0.15) is 0 Å². The van der Waals surface area contributed by atoms with Crippen molar-refractivity contribution in [2.24, 2.45) is 0 Å². The van der Waals surface area contributed by atoms with Gasteiger partial charge in [0.25, 0.3) is 0 Å². The monoisotopic (exact) mass is 288 g/mol. The molecule has 1 fully saturated rings. The molecule has 0 spiro atoms. The minimum Gasteiger partial charge on any atom is -0.313 e. The van der Waals surface area contributed by atoms with E-state index < -0.39 is 0 Å². The first-order valence-electron chi connectivity index (χ1n) is 8.80. The van der Waals surface area contributed by atoms with Crippen molar-refractivity contribution in [1.82, 2.24) is 10.2 Å². The van der Waals surface area contributed by atoms with Crippen LogP contribution in [0.25, 0.3) is 0 Å². The van der Waals surface area contributed by atoms with Crippen molar-refractivity contribution in [3.8, 4) is 0 Å². The summed E-state index contributed by atoms with van der Waals surface area (Å²) in [6.45, 7) is 9.56. The molecule has 2 heteroatoms. The number of nitrogens with one attached hydrogen (secondary N) is 1.